The van der Waals surface area contributed by atoms with Crippen LogP contribution in [0.4, 0.5) is 17.2 Å². The van der Waals surface area contributed by atoms with Gasteiger partial charge in [0.2, 0.25) is 5.91 Å². The van der Waals surface area contributed by atoms with Crippen molar-refractivity contribution in [3.63, 3.8) is 0 Å². The van der Waals surface area contributed by atoms with E-state index in [4.69, 9.17) is 0 Å². The number of amides is 1. The van der Waals surface area contributed by atoms with Crippen LogP contribution in [-0.2, 0) is 4.79 Å². The highest BCUT2D eigenvalue weighted by atomic mass is 79.9. The van der Waals surface area contributed by atoms with E-state index in [1.165, 1.54) is 0 Å². The molecule has 0 spiro atoms. The first-order valence-corrected chi connectivity index (χ1v) is 8.21. The molecule has 1 aromatic carbocycles. The van der Waals surface area contributed by atoms with Crippen molar-refractivity contribution in [1.82, 2.24) is 4.98 Å². The summed E-state index contributed by atoms with van der Waals surface area (Å²) < 4.78 is 0.975. The summed E-state index contributed by atoms with van der Waals surface area (Å²) in [6.07, 6.45) is 3.36. The molecule has 1 heterocycles. The van der Waals surface area contributed by atoms with Crippen LogP contribution in [0.3, 0.4) is 0 Å². The third kappa shape index (κ3) is 4.31. The number of halogens is 1. The van der Waals surface area contributed by atoms with Gasteiger partial charge in [-0.25, -0.2) is 4.98 Å². The lowest BCUT2D eigenvalue weighted by Crippen LogP contribution is -2.21. The van der Waals surface area contributed by atoms with Crippen molar-refractivity contribution in [2.45, 2.75) is 26.7 Å². The van der Waals surface area contributed by atoms with Crippen LogP contribution in [0.5, 0.6) is 0 Å². The molecule has 0 unspecified atom stereocenters. The number of hydrogen-bond acceptors (Lipinski definition) is 3. The number of para-hydroxylation sites is 1. The number of aromatic nitrogens is 1. The number of hydrogen-bond donors (Lipinski definition) is 2. The van der Waals surface area contributed by atoms with E-state index >= 15 is 0 Å². The maximum absolute atomic E-state index is 12.0. The molecule has 0 atom stereocenters. The van der Waals surface area contributed by atoms with Gasteiger partial charge in [0.1, 0.15) is 5.82 Å². The van der Waals surface area contributed by atoms with Crippen molar-refractivity contribution in [3.8, 4) is 0 Å². The summed E-state index contributed by atoms with van der Waals surface area (Å²) in [6.45, 7) is 4.05. The summed E-state index contributed by atoms with van der Waals surface area (Å²) in [5.74, 6) is 0.837. The van der Waals surface area contributed by atoms with E-state index in [-0.39, 0.29) is 11.8 Å². The van der Waals surface area contributed by atoms with Gasteiger partial charge in [-0.3, -0.25) is 4.79 Å². The Morgan fingerprint density at radius 2 is 1.91 bits per heavy atom. The lowest BCUT2D eigenvalue weighted by Gasteiger charge is -2.13. The number of nitrogens with one attached hydrogen (secondary N) is 2. The Labute approximate surface area is 139 Å². The summed E-state index contributed by atoms with van der Waals surface area (Å²) in [6, 6.07) is 11.5. The van der Waals surface area contributed by atoms with E-state index in [2.05, 4.69) is 31.5 Å². The van der Waals surface area contributed by atoms with Crippen molar-refractivity contribution < 1.29 is 4.79 Å². The largest absolute Gasteiger partial charge is 0.339 e. The number of benzene rings is 1. The molecule has 1 amide bonds. The number of rotatable bonds is 6. The molecule has 0 saturated carbocycles. The van der Waals surface area contributed by atoms with Crippen molar-refractivity contribution >= 4 is 39.0 Å². The lowest BCUT2D eigenvalue weighted by molar-refractivity contribution is -0.120. The van der Waals surface area contributed by atoms with E-state index < -0.39 is 0 Å². The van der Waals surface area contributed by atoms with Crippen molar-refractivity contribution in [2.24, 2.45) is 5.92 Å². The summed E-state index contributed by atoms with van der Waals surface area (Å²) >= 11 is 3.49. The van der Waals surface area contributed by atoms with Crippen LogP contribution in [0.2, 0.25) is 0 Å². The summed E-state index contributed by atoms with van der Waals surface area (Å²) in [5.41, 5.74) is 1.67. The molecule has 22 heavy (non-hydrogen) atoms. The van der Waals surface area contributed by atoms with Gasteiger partial charge in [-0.15, -0.1) is 0 Å². The molecule has 4 nitrogen and oxygen atoms in total. The molecule has 2 aromatic rings. The Balaban J connectivity index is 2.02. The molecular formula is C17H20BrN3O. The minimum atomic E-state index is 0.0538. The van der Waals surface area contributed by atoms with Crippen LogP contribution in [-0.4, -0.2) is 10.9 Å². The Morgan fingerprint density at radius 3 is 2.50 bits per heavy atom. The van der Waals surface area contributed by atoms with Gasteiger partial charge < -0.3 is 10.6 Å². The highest BCUT2D eigenvalue weighted by molar-refractivity contribution is 9.10. The maximum Gasteiger partial charge on any atom is 0.227 e. The van der Waals surface area contributed by atoms with Crippen molar-refractivity contribution in [1.29, 1.82) is 0 Å². The molecule has 0 saturated heterocycles. The second kappa shape index (κ2) is 7.94. The average molecular weight is 362 g/mol. The minimum Gasteiger partial charge on any atom is -0.339 e. The van der Waals surface area contributed by atoms with Crippen LogP contribution in [0, 0.1) is 5.92 Å². The van der Waals surface area contributed by atoms with Gasteiger partial charge in [0.05, 0.1) is 17.6 Å². The normalized spacial score (nSPS) is 10.5. The molecule has 2 N–H and O–H groups in total. The molecule has 1 aromatic heterocycles. The second-order valence-corrected chi connectivity index (χ2v) is 5.89. The van der Waals surface area contributed by atoms with Gasteiger partial charge >= 0.3 is 0 Å². The van der Waals surface area contributed by atoms with Gasteiger partial charge in [-0.2, -0.15) is 0 Å². The third-order valence-electron chi connectivity index (χ3n) is 3.52. The number of carbonyl (C=O) groups is 1. The van der Waals surface area contributed by atoms with Gasteiger partial charge in [-0.1, -0.05) is 26.0 Å². The van der Waals surface area contributed by atoms with Crippen molar-refractivity contribution in [3.05, 3.63) is 47.1 Å². The molecule has 0 bridgehead atoms. The Hall–Kier alpha value is -1.88. The number of pyridine rings is 1. The Bertz CT molecular complexity index is 624. The molecule has 0 aliphatic heterocycles. The van der Waals surface area contributed by atoms with E-state index in [9.17, 15) is 4.79 Å². The van der Waals surface area contributed by atoms with Gasteiger partial charge in [-0.05, 0) is 53.0 Å². The smallest absolute Gasteiger partial charge is 0.227 e. The van der Waals surface area contributed by atoms with E-state index in [0.717, 1.165) is 34.5 Å². The summed E-state index contributed by atoms with van der Waals surface area (Å²) in [4.78, 5) is 16.4. The fourth-order valence-electron chi connectivity index (χ4n) is 2.15. The topological polar surface area (TPSA) is 54.0 Å². The predicted octanol–water partition coefficient (Wildman–Crippen LogP) is 4.96. The molecule has 0 radical (unpaired) electrons. The van der Waals surface area contributed by atoms with Crippen LogP contribution in [0.1, 0.15) is 26.7 Å². The Morgan fingerprint density at radius 1 is 1.18 bits per heavy atom. The fraction of sp³-hybridized carbons (Fsp3) is 0.294. The fourth-order valence-corrected chi connectivity index (χ4v) is 2.53. The zero-order valence-electron chi connectivity index (χ0n) is 12.8. The number of carbonyl (C=O) groups excluding carboxylic acids is 1. The summed E-state index contributed by atoms with van der Waals surface area (Å²) in [5, 5.41) is 6.13. The van der Waals surface area contributed by atoms with Gasteiger partial charge in [0.15, 0.2) is 0 Å². The van der Waals surface area contributed by atoms with Gasteiger partial charge in [0.25, 0.3) is 0 Å². The monoisotopic (exact) mass is 361 g/mol. The molecule has 0 aliphatic carbocycles. The summed E-state index contributed by atoms with van der Waals surface area (Å²) in [7, 11) is 0. The second-order valence-electron chi connectivity index (χ2n) is 5.04. The zero-order chi connectivity index (χ0) is 15.9. The first-order chi connectivity index (χ1) is 10.6. The highest BCUT2D eigenvalue weighted by Crippen LogP contribution is 2.24. The molecule has 0 aliphatic rings. The molecule has 2 rings (SSSR count). The molecule has 116 valence electrons. The number of nitrogens with zero attached hydrogens (tertiary/aromatic N) is 1. The number of anilines is 3. The predicted molar refractivity (Wildman–Crippen MR) is 94.4 cm³/mol. The maximum atomic E-state index is 12.0. The quantitative estimate of drug-likeness (QED) is 0.764. The van der Waals surface area contributed by atoms with Gasteiger partial charge in [0, 0.05) is 10.4 Å². The van der Waals surface area contributed by atoms with Crippen LogP contribution < -0.4 is 10.6 Å². The standard InChI is InChI=1S/C17H20BrN3O/c1-3-12(4-2)17(22)20-13-9-10-16(19-11-13)21-15-8-6-5-7-14(15)18/h5-12H,3-4H2,1-2H3,(H,19,21)(H,20,22). The van der Waals surface area contributed by atoms with Crippen LogP contribution >= 0.6 is 15.9 Å². The zero-order valence-corrected chi connectivity index (χ0v) is 14.4. The molecule has 5 heteroatoms. The van der Waals surface area contributed by atoms with E-state index in [1.807, 2.05) is 50.2 Å². The third-order valence-corrected chi connectivity index (χ3v) is 4.22. The first kappa shape index (κ1) is 16.5. The lowest BCUT2D eigenvalue weighted by atomic mass is 10.0. The Kier molecular flexibility index (Phi) is 5.95. The van der Waals surface area contributed by atoms with E-state index in [1.54, 1.807) is 6.20 Å². The van der Waals surface area contributed by atoms with E-state index in [0.29, 0.717) is 0 Å². The van der Waals surface area contributed by atoms with Crippen LogP contribution in [0.25, 0.3) is 0 Å². The molecular weight excluding hydrogens is 342 g/mol. The first-order valence-electron chi connectivity index (χ1n) is 7.42. The SMILES string of the molecule is CCC(CC)C(=O)Nc1ccc(Nc2ccccc2Br)nc1. The highest BCUT2D eigenvalue weighted by Gasteiger charge is 2.14. The van der Waals surface area contributed by atoms with Crippen molar-refractivity contribution in [2.75, 3.05) is 10.6 Å². The minimum absolute atomic E-state index is 0.0538. The average Bonchev–Trinajstić information content (AvgIpc) is 2.52. The molecule has 0 fully saturated rings. The van der Waals surface area contributed by atoms with Crippen LogP contribution in [0.15, 0.2) is 47.1 Å².